The second-order valence-corrected chi connectivity index (χ2v) is 8.96. The normalized spacial score (nSPS) is 11.4. The van der Waals surface area contributed by atoms with Crippen molar-refractivity contribution in [1.29, 1.82) is 0 Å². The summed E-state index contributed by atoms with van der Waals surface area (Å²) in [5, 5.41) is 6.58. The van der Waals surface area contributed by atoms with Crippen molar-refractivity contribution in [2.45, 2.75) is 25.6 Å². The van der Waals surface area contributed by atoms with E-state index in [0.29, 0.717) is 17.7 Å². The lowest BCUT2D eigenvalue weighted by Gasteiger charge is -2.05. The molecule has 0 saturated carbocycles. The Kier molecular flexibility index (Phi) is 6.38. The molecule has 1 aromatic heterocycles. The summed E-state index contributed by atoms with van der Waals surface area (Å²) < 4.78 is 39.2. The van der Waals surface area contributed by atoms with Gasteiger partial charge in [0.25, 0.3) is 0 Å². The third-order valence-electron chi connectivity index (χ3n) is 4.13. The lowest BCUT2D eigenvalue weighted by atomic mass is 10.2. The quantitative estimate of drug-likeness (QED) is 0.609. The number of hydrogen-bond donors (Lipinski definition) is 1. The molecule has 0 aliphatic carbocycles. The molecule has 1 heterocycles. The summed E-state index contributed by atoms with van der Waals surface area (Å²) in [5.41, 5.74) is 2.38. The highest BCUT2D eigenvalue weighted by Crippen LogP contribution is 2.11. The van der Waals surface area contributed by atoms with Crippen LogP contribution < -0.4 is 5.32 Å². The van der Waals surface area contributed by atoms with E-state index in [1.165, 1.54) is 23.1 Å². The van der Waals surface area contributed by atoms with E-state index in [2.05, 4.69) is 15.4 Å². The monoisotopic (exact) mass is 416 g/mol. The number of sulfone groups is 1. The number of aryl methyl sites for hydroxylation is 1. The van der Waals surface area contributed by atoms with Crippen LogP contribution in [0.1, 0.15) is 23.1 Å². The number of rotatable bonds is 8. The first-order chi connectivity index (χ1) is 13.8. The number of nitrogens with zero attached hydrogens (tertiary/aromatic N) is 3. The Morgan fingerprint density at radius 1 is 1.14 bits per heavy atom. The van der Waals surface area contributed by atoms with Crippen LogP contribution >= 0.6 is 0 Å². The molecule has 0 bridgehead atoms. The van der Waals surface area contributed by atoms with Crippen molar-refractivity contribution in [3.63, 3.8) is 0 Å². The number of carbonyl (C=O) groups excluding carboxylic acids is 1. The minimum Gasteiger partial charge on any atom is -0.293 e. The minimum atomic E-state index is -3.42. The topological polar surface area (TPSA) is 94.0 Å². The highest BCUT2D eigenvalue weighted by atomic mass is 32.2. The summed E-state index contributed by atoms with van der Waals surface area (Å²) in [6.45, 7) is 2.19. The highest BCUT2D eigenvalue weighted by molar-refractivity contribution is 7.90. The molecule has 0 aliphatic rings. The summed E-state index contributed by atoms with van der Waals surface area (Å²) in [4.78, 5) is 16.0. The first kappa shape index (κ1) is 20.7. The maximum Gasteiger partial charge on any atom is 0.248 e. The van der Waals surface area contributed by atoms with Gasteiger partial charge >= 0.3 is 0 Å². The minimum absolute atomic E-state index is 0.0717. The molecule has 3 aromatic rings. The molecule has 29 heavy (non-hydrogen) atoms. The van der Waals surface area contributed by atoms with Crippen molar-refractivity contribution < 1.29 is 17.6 Å². The van der Waals surface area contributed by atoms with Gasteiger partial charge in [0.15, 0.2) is 9.84 Å². The molecule has 0 aliphatic heterocycles. The van der Waals surface area contributed by atoms with Crippen molar-refractivity contribution in [3.8, 4) is 0 Å². The Bertz CT molecular complexity index is 1110. The van der Waals surface area contributed by atoms with Gasteiger partial charge in [-0.15, -0.1) is 5.10 Å². The average molecular weight is 416 g/mol. The highest BCUT2D eigenvalue weighted by Gasteiger charge is 2.16. The average Bonchev–Trinajstić information content (AvgIpc) is 3.06. The van der Waals surface area contributed by atoms with E-state index in [4.69, 9.17) is 0 Å². The number of halogens is 1. The van der Waals surface area contributed by atoms with Crippen LogP contribution in [0.5, 0.6) is 0 Å². The lowest BCUT2D eigenvalue weighted by molar-refractivity contribution is -0.115. The number of aromatic nitrogens is 3. The molecule has 9 heteroatoms. The molecule has 3 rings (SSSR count). The molecule has 7 nitrogen and oxygen atoms in total. The van der Waals surface area contributed by atoms with Crippen molar-refractivity contribution in [1.82, 2.24) is 14.8 Å². The molecule has 0 radical (unpaired) electrons. The smallest absolute Gasteiger partial charge is 0.248 e. The summed E-state index contributed by atoms with van der Waals surface area (Å²) in [7, 11) is -3.42. The van der Waals surface area contributed by atoms with Crippen LogP contribution in [0, 0.1) is 12.7 Å². The number of carbonyl (C=O) groups is 1. The molecule has 0 unspecified atom stereocenters. The number of amides is 1. The third-order valence-corrected chi connectivity index (χ3v) is 5.73. The van der Waals surface area contributed by atoms with E-state index in [1.807, 2.05) is 19.1 Å². The van der Waals surface area contributed by atoms with Gasteiger partial charge in [0.2, 0.25) is 11.9 Å². The zero-order valence-corrected chi connectivity index (χ0v) is 16.7. The lowest BCUT2D eigenvalue weighted by Crippen LogP contribution is -2.19. The number of benzene rings is 2. The second-order valence-electron chi connectivity index (χ2n) is 6.77. The predicted molar refractivity (Wildman–Crippen MR) is 107 cm³/mol. The zero-order chi connectivity index (χ0) is 20.9. The van der Waals surface area contributed by atoms with Crippen LogP contribution in [0.3, 0.4) is 0 Å². The summed E-state index contributed by atoms with van der Waals surface area (Å²) in [6.07, 6.45) is 1.22. The van der Waals surface area contributed by atoms with Gasteiger partial charge in [-0.3, -0.25) is 10.1 Å². The van der Waals surface area contributed by atoms with E-state index >= 15 is 0 Å². The fraction of sp³-hybridized carbons (Fsp3) is 0.250. The fourth-order valence-electron chi connectivity index (χ4n) is 2.81. The van der Waals surface area contributed by atoms with E-state index in [-0.39, 0.29) is 29.7 Å². The first-order valence-corrected chi connectivity index (χ1v) is 10.8. The standard InChI is InChI=1S/C20H21FN4O3S/c1-15-4-2-6-17(10-15)13-29(27,28)9-8-19(26)23-20-22-14-25(24-20)12-16-5-3-7-18(21)11-16/h2-7,10-11,14H,8-9,12-13H2,1H3,(H,23,24,26). The van der Waals surface area contributed by atoms with Gasteiger partial charge in [-0.05, 0) is 30.2 Å². The Labute approximate surface area is 168 Å². The van der Waals surface area contributed by atoms with Crippen LogP contribution in [0.4, 0.5) is 10.3 Å². The fourth-order valence-corrected chi connectivity index (χ4v) is 4.14. The van der Waals surface area contributed by atoms with E-state index in [0.717, 1.165) is 5.56 Å². The van der Waals surface area contributed by atoms with Crippen molar-refractivity contribution >= 4 is 21.7 Å². The second kappa shape index (κ2) is 8.95. The largest absolute Gasteiger partial charge is 0.293 e. The molecular weight excluding hydrogens is 395 g/mol. The van der Waals surface area contributed by atoms with E-state index < -0.39 is 15.7 Å². The van der Waals surface area contributed by atoms with Crippen molar-refractivity contribution in [3.05, 3.63) is 77.4 Å². The molecule has 0 atom stereocenters. The Hall–Kier alpha value is -3.07. The van der Waals surface area contributed by atoms with Gasteiger partial charge in [0, 0.05) is 6.42 Å². The molecule has 1 amide bonds. The van der Waals surface area contributed by atoms with Gasteiger partial charge in [0.1, 0.15) is 12.1 Å². The SMILES string of the molecule is Cc1cccc(CS(=O)(=O)CCC(=O)Nc2ncn(Cc3cccc(F)c3)n2)c1. The molecule has 1 N–H and O–H groups in total. The predicted octanol–water partition coefficient (Wildman–Crippen LogP) is 2.72. The van der Waals surface area contributed by atoms with Crippen LogP contribution in [0.15, 0.2) is 54.9 Å². The van der Waals surface area contributed by atoms with Crippen LogP contribution in [-0.4, -0.2) is 34.8 Å². The maximum absolute atomic E-state index is 13.2. The third kappa shape index (κ3) is 6.49. The number of nitrogens with one attached hydrogen (secondary N) is 1. The Morgan fingerprint density at radius 2 is 1.90 bits per heavy atom. The van der Waals surface area contributed by atoms with Gasteiger partial charge in [-0.25, -0.2) is 22.5 Å². The summed E-state index contributed by atoms with van der Waals surface area (Å²) in [6, 6.07) is 13.3. The maximum atomic E-state index is 13.2. The molecular formula is C20H21FN4O3S. The molecule has 2 aromatic carbocycles. The Balaban J connectivity index is 1.51. The van der Waals surface area contributed by atoms with Crippen LogP contribution in [0.25, 0.3) is 0 Å². The van der Waals surface area contributed by atoms with Gasteiger partial charge < -0.3 is 0 Å². The van der Waals surface area contributed by atoms with Gasteiger partial charge in [-0.2, -0.15) is 0 Å². The van der Waals surface area contributed by atoms with Crippen molar-refractivity contribution in [2.75, 3.05) is 11.1 Å². The number of anilines is 1. The van der Waals surface area contributed by atoms with Crippen molar-refractivity contribution in [2.24, 2.45) is 0 Å². The molecule has 152 valence electrons. The molecule has 0 spiro atoms. The summed E-state index contributed by atoms with van der Waals surface area (Å²) in [5.74, 6) is -1.13. The van der Waals surface area contributed by atoms with E-state index in [9.17, 15) is 17.6 Å². The summed E-state index contributed by atoms with van der Waals surface area (Å²) >= 11 is 0. The molecule has 0 fully saturated rings. The van der Waals surface area contributed by atoms with Gasteiger partial charge in [0.05, 0.1) is 18.1 Å². The zero-order valence-electron chi connectivity index (χ0n) is 15.9. The van der Waals surface area contributed by atoms with Gasteiger partial charge in [-0.1, -0.05) is 42.0 Å². The first-order valence-electron chi connectivity index (χ1n) is 8.99. The van der Waals surface area contributed by atoms with Crippen LogP contribution in [0.2, 0.25) is 0 Å². The Morgan fingerprint density at radius 3 is 2.66 bits per heavy atom. The van der Waals surface area contributed by atoms with E-state index in [1.54, 1.807) is 24.3 Å². The molecule has 0 saturated heterocycles. The van der Waals surface area contributed by atoms with Crippen LogP contribution in [-0.2, 0) is 26.9 Å². The number of hydrogen-bond acceptors (Lipinski definition) is 5.